The third-order valence-corrected chi connectivity index (χ3v) is 4.81. The van der Waals surface area contributed by atoms with Crippen molar-refractivity contribution < 1.29 is 22.8 Å². The molecule has 158 valence electrons. The Hall–Kier alpha value is -3.56. The highest BCUT2D eigenvalue weighted by Crippen LogP contribution is 2.33. The topological polar surface area (TPSA) is 106 Å². The van der Waals surface area contributed by atoms with Crippen molar-refractivity contribution in [3.05, 3.63) is 76.8 Å². The largest absolute Gasteiger partial charge is 0.382 e. The van der Waals surface area contributed by atoms with E-state index < -0.39 is 36.3 Å². The Labute approximate surface area is 184 Å². The molecule has 0 fully saturated rings. The average Bonchev–Trinajstić information content (AvgIpc) is 3.18. The van der Waals surface area contributed by atoms with Crippen LogP contribution >= 0.6 is 11.6 Å². The van der Waals surface area contributed by atoms with Gasteiger partial charge in [0.1, 0.15) is 39.6 Å². The van der Waals surface area contributed by atoms with Crippen molar-refractivity contribution >= 4 is 34.5 Å². The number of aliphatic hydroxyl groups is 1. The summed E-state index contributed by atoms with van der Waals surface area (Å²) in [5.41, 5.74) is 5.72. The van der Waals surface area contributed by atoms with Gasteiger partial charge < -0.3 is 16.2 Å². The number of amides is 1. The molecular weight excluding hydrogens is 428 g/mol. The quantitative estimate of drug-likeness (QED) is 0.441. The maximum Gasteiger partial charge on any atom is 0.257 e. The molecule has 0 aliphatic heterocycles. The van der Waals surface area contributed by atoms with Gasteiger partial charge in [-0.3, -0.25) is 9.20 Å². The molecule has 2 aromatic carbocycles. The summed E-state index contributed by atoms with van der Waals surface area (Å²) < 4.78 is 52.7. The summed E-state index contributed by atoms with van der Waals surface area (Å²) in [4.78, 5) is 20.3. The van der Waals surface area contributed by atoms with E-state index in [-0.39, 0.29) is 39.0 Å². The Morgan fingerprint density at radius 2 is 2.13 bits per heavy atom. The molecule has 1 unspecified atom stereocenters. The van der Waals surface area contributed by atoms with Crippen molar-refractivity contribution in [2.24, 2.45) is 0 Å². The number of aromatic nitrogens is 3. The van der Waals surface area contributed by atoms with Crippen LogP contribution in [0, 0.1) is 18.5 Å². The van der Waals surface area contributed by atoms with Crippen LogP contribution in [-0.4, -0.2) is 25.4 Å². The van der Waals surface area contributed by atoms with Gasteiger partial charge in [-0.25, -0.2) is 18.7 Å². The number of hydrogen-bond donors (Lipinski definition) is 3. The number of fused-ring (bicyclic) bond motifs is 1. The zero-order valence-corrected chi connectivity index (χ0v) is 16.4. The zero-order valence-electron chi connectivity index (χ0n) is 18.6. The summed E-state index contributed by atoms with van der Waals surface area (Å²) >= 11 is 6.12. The van der Waals surface area contributed by atoms with E-state index >= 15 is 4.39 Å². The molecule has 31 heavy (non-hydrogen) atoms. The predicted molar refractivity (Wildman–Crippen MR) is 113 cm³/mol. The number of halogens is 3. The molecule has 1 amide bonds. The maximum absolute atomic E-state index is 15.1. The van der Waals surface area contributed by atoms with Crippen LogP contribution in [0.15, 0.2) is 48.7 Å². The molecule has 0 saturated carbocycles. The van der Waals surface area contributed by atoms with Crippen LogP contribution in [0.3, 0.4) is 0 Å². The first-order chi connectivity index (χ1) is 16.0. The Kier molecular flexibility index (Phi) is 4.39. The summed E-state index contributed by atoms with van der Waals surface area (Å²) in [6.45, 7) is -2.68. The van der Waals surface area contributed by atoms with Crippen molar-refractivity contribution in [2.75, 3.05) is 11.1 Å². The van der Waals surface area contributed by atoms with Gasteiger partial charge in [-0.15, -0.1) is 0 Å². The third kappa shape index (κ3) is 3.80. The van der Waals surface area contributed by atoms with Crippen molar-refractivity contribution in [1.29, 1.82) is 0 Å². The Balaban J connectivity index is 1.71. The van der Waals surface area contributed by atoms with E-state index in [1.54, 1.807) is 0 Å². The fraction of sp³-hybridized carbons (Fsp3) is 0.0952. The first-order valence-electron chi connectivity index (χ1n) is 10.3. The van der Waals surface area contributed by atoms with Crippen molar-refractivity contribution in [1.82, 2.24) is 14.4 Å². The molecule has 0 aliphatic rings. The fourth-order valence-electron chi connectivity index (χ4n) is 3.12. The van der Waals surface area contributed by atoms with Crippen LogP contribution in [0.1, 0.15) is 21.6 Å². The minimum Gasteiger partial charge on any atom is -0.382 e. The van der Waals surface area contributed by atoms with Gasteiger partial charge in [-0.2, -0.15) is 0 Å². The van der Waals surface area contributed by atoms with Crippen LogP contribution < -0.4 is 11.1 Å². The number of rotatable bonds is 4. The number of carbonyl (C=O) groups excluding carboxylic acids is 1. The van der Waals surface area contributed by atoms with Gasteiger partial charge in [0.05, 0.1) is 6.20 Å². The van der Waals surface area contributed by atoms with Gasteiger partial charge >= 0.3 is 0 Å². The van der Waals surface area contributed by atoms with Gasteiger partial charge in [-0.05, 0) is 42.7 Å². The van der Waals surface area contributed by atoms with Crippen LogP contribution in [0.25, 0.3) is 16.8 Å². The molecule has 0 spiro atoms. The van der Waals surface area contributed by atoms with Gasteiger partial charge in [0.2, 0.25) is 0 Å². The highest BCUT2D eigenvalue weighted by Gasteiger charge is 2.21. The Morgan fingerprint density at radius 3 is 2.84 bits per heavy atom. The zero-order chi connectivity index (χ0) is 24.8. The van der Waals surface area contributed by atoms with E-state index in [2.05, 4.69) is 15.3 Å². The lowest BCUT2D eigenvalue weighted by Crippen LogP contribution is -2.21. The normalized spacial score (nSPS) is 14.0. The minimum atomic E-state index is -2.68. The molecule has 2 heterocycles. The van der Waals surface area contributed by atoms with E-state index in [0.717, 1.165) is 28.8 Å². The number of nitrogens with one attached hydrogen (secondary N) is 1. The van der Waals surface area contributed by atoms with E-state index in [1.807, 2.05) is 0 Å². The standard InChI is InChI=1S/C21H16ClF2N5O2/c1-10-27-17(18-20(25)26-9-16(22)29(10)18)14-6-5-13(8-15(14)24)28-21(31)19(30)11-3-2-4-12(23)7-11/h2-9,19,30H,1H3,(H2,25,26)(H,28,31)/i1D3. The molecule has 1 atom stereocenters. The van der Waals surface area contributed by atoms with Gasteiger partial charge in [0.25, 0.3) is 5.91 Å². The first kappa shape index (κ1) is 17.2. The van der Waals surface area contributed by atoms with Crippen LogP contribution in [0.4, 0.5) is 20.3 Å². The van der Waals surface area contributed by atoms with Crippen LogP contribution in [0.5, 0.6) is 0 Å². The number of carbonyl (C=O) groups is 1. The van der Waals surface area contributed by atoms with Crippen LogP contribution in [-0.2, 0) is 4.79 Å². The molecule has 7 nitrogen and oxygen atoms in total. The number of nitrogen functional groups attached to an aromatic ring is 1. The second-order valence-corrected chi connectivity index (χ2v) is 6.96. The number of aryl methyl sites for hydroxylation is 1. The number of nitrogens with zero attached hydrogens (tertiary/aromatic N) is 3. The minimum absolute atomic E-state index is 0.00890. The Bertz CT molecular complexity index is 1430. The third-order valence-electron chi connectivity index (χ3n) is 4.55. The van der Waals surface area contributed by atoms with Gasteiger partial charge in [0.15, 0.2) is 6.10 Å². The van der Waals surface area contributed by atoms with Crippen molar-refractivity contribution in [3.8, 4) is 11.3 Å². The van der Waals surface area contributed by atoms with Gasteiger partial charge in [0, 0.05) is 15.4 Å². The lowest BCUT2D eigenvalue weighted by atomic mass is 10.1. The number of aliphatic hydroxyl groups excluding tert-OH is 1. The summed E-state index contributed by atoms with van der Waals surface area (Å²) in [6, 6.07) is 8.41. The smallest absolute Gasteiger partial charge is 0.257 e. The molecule has 4 aromatic rings. The summed E-state index contributed by atoms with van der Waals surface area (Å²) in [5.74, 6) is -2.94. The number of benzene rings is 2. The highest BCUT2D eigenvalue weighted by molar-refractivity contribution is 6.29. The van der Waals surface area contributed by atoms with E-state index in [1.165, 1.54) is 24.3 Å². The molecule has 0 bridgehead atoms. The number of nitrogens with two attached hydrogens (primary N) is 1. The monoisotopic (exact) mass is 446 g/mol. The summed E-state index contributed by atoms with van der Waals surface area (Å²) in [6.07, 6.45) is -0.533. The average molecular weight is 447 g/mol. The summed E-state index contributed by atoms with van der Waals surface area (Å²) in [5, 5.41) is 12.4. The Morgan fingerprint density at radius 1 is 1.32 bits per heavy atom. The number of anilines is 2. The first-order valence-corrected chi connectivity index (χ1v) is 9.22. The van der Waals surface area contributed by atoms with Crippen molar-refractivity contribution in [2.45, 2.75) is 13.0 Å². The molecule has 0 radical (unpaired) electrons. The fourth-order valence-corrected chi connectivity index (χ4v) is 3.33. The lowest BCUT2D eigenvalue weighted by Gasteiger charge is -2.12. The SMILES string of the molecule is [2H]C([2H])([2H])c1nc(-c2ccc(NC(=O)C(O)c3cccc(F)c3)cc2F)c2c(N)ncc(Cl)n12. The molecule has 0 aliphatic carbocycles. The predicted octanol–water partition coefficient (Wildman–Crippen LogP) is 3.89. The summed E-state index contributed by atoms with van der Waals surface area (Å²) in [7, 11) is 0. The van der Waals surface area contributed by atoms with E-state index in [4.69, 9.17) is 21.4 Å². The van der Waals surface area contributed by atoms with E-state index in [9.17, 15) is 14.3 Å². The molecule has 4 rings (SSSR count). The molecule has 4 N–H and O–H groups in total. The molecule has 2 aromatic heterocycles. The second-order valence-electron chi connectivity index (χ2n) is 6.58. The number of hydrogen-bond acceptors (Lipinski definition) is 5. The second kappa shape index (κ2) is 7.93. The molecule has 10 heteroatoms. The number of imidazole rings is 1. The van der Waals surface area contributed by atoms with Gasteiger partial charge in [-0.1, -0.05) is 23.7 Å². The maximum atomic E-state index is 15.1. The lowest BCUT2D eigenvalue weighted by molar-refractivity contribution is -0.124. The molecular formula is C21H16ClF2N5O2. The highest BCUT2D eigenvalue weighted by atomic mass is 35.5. The van der Waals surface area contributed by atoms with Crippen molar-refractivity contribution in [3.63, 3.8) is 0 Å². The van der Waals surface area contributed by atoms with Crippen LogP contribution in [0.2, 0.25) is 5.15 Å². The molecule has 0 saturated heterocycles. The van der Waals surface area contributed by atoms with E-state index in [0.29, 0.717) is 0 Å².